The number of carbonyl (C=O) groups excluding carboxylic acids is 1. The van der Waals surface area contributed by atoms with E-state index in [0.29, 0.717) is 22.2 Å². The van der Waals surface area contributed by atoms with Crippen LogP contribution in [0.5, 0.6) is 0 Å². The fourth-order valence-electron chi connectivity index (χ4n) is 3.92. The van der Waals surface area contributed by atoms with Crippen LogP contribution >= 0.6 is 34.3 Å². The van der Waals surface area contributed by atoms with Gasteiger partial charge in [0.05, 0.1) is 18.0 Å². The Morgan fingerprint density at radius 2 is 2.03 bits per heavy atom. The molecule has 0 bridgehead atoms. The summed E-state index contributed by atoms with van der Waals surface area (Å²) in [6.07, 6.45) is 1.86. The van der Waals surface area contributed by atoms with Crippen LogP contribution in [0.4, 0.5) is 5.69 Å². The Kier molecular flexibility index (Phi) is 4.57. The van der Waals surface area contributed by atoms with Crippen LogP contribution < -0.4 is 5.73 Å². The van der Waals surface area contributed by atoms with E-state index in [2.05, 4.69) is 11.4 Å². The van der Waals surface area contributed by atoms with E-state index in [9.17, 15) is 4.79 Å². The summed E-state index contributed by atoms with van der Waals surface area (Å²) in [7, 11) is 0. The fourth-order valence-corrected chi connectivity index (χ4v) is 5.93. The highest BCUT2D eigenvalue weighted by molar-refractivity contribution is 7.21. The zero-order valence-electron chi connectivity index (χ0n) is 15.6. The minimum Gasteiger partial charge on any atom is -0.462 e. The van der Waals surface area contributed by atoms with E-state index < -0.39 is 5.97 Å². The van der Waals surface area contributed by atoms with Crippen LogP contribution in [0.15, 0.2) is 35.7 Å². The average molecular weight is 441 g/mol. The first-order valence-electron chi connectivity index (χ1n) is 9.33. The number of esters is 1. The van der Waals surface area contributed by atoms with E-state index in [-0.39, 0.29) is 0 Å². The molecule has 1 aliphatic rings. The van der Waals surface area contributed by atoms with Crippen molar-refractivity contribution in [3.05, 3.63) is 56.1 Å². The molecule has 3 aromatic heterocycles. The van der Waals surface area contributed by atoms with Crippen molar-refractivity contribution < 1.29 is 9.53 Å². The summed E-state index contributed by atoms with van der Waals surface area (Å²) in [6, 6.07) is 9.89. The number of benzene rings is 1. The predicted molar refractivity (Wildman–Crippen MR) is 121 cm³/mol. The van der Waals surface area contributed by atoms with Gasteiger partial charge in [0, 0.05) is 20.8 Å². The summed E-state index contributed by atoms with van der Waals surface area (Å²) in [5.74, 6) is -0.399. The lowest BCUT2D eigenvalue weighted by atomic mass is 9.87. The van der Waals surface area contributed by atoms with Crippen molar-refractivity contribution in [2.24, 2.45) is 0 Å². The molecule has 5 rings (SSSR count). The third kappa shape index (κ3) is 2.94. The van der Waals surface area contributed by atoms with Gasteiger partial charge in [-0.05, 0) is 60.0 Å². The van der Waals surface area contributed by atoms with Gasteiger partial charge in [-0.2, -0.15) is 0 Å². The standard InChI is InChI=1S/C22H17ClN2O2S2/c1-2-27-22(26)20-18(24)17-16(11-3-5-12(23)6-4-11)14-7-8-15-13(9-10-28-15)19(14)25-21(17)29-20/h3-6,9-10H,2,7-8,24H2,1H3. The largest absolute Gasteiger partial charge is 0.462 e. The minimum atomic E-state index is -0.399. The van der Waals surface area contributed by atoms with Crippen LogP contribution in [0.25, 0.3) is 32.6 Å². The monoisotopic (exact) mass is 440 g/mol. The predicted octanol–water partition coefficient (Wildman–Crippen LogP) is 6.20. The van der Waals surface area contributed by atoms with Crippen LogP contribution in [-0.2, 0) is 17.6 Å². The smallest absolute Gasteiger partial charge is 0.350 e. The Morgan fingerprint density at radius 3 is 2.79 bits per heavy atom. The number of ether oxygens (including phenoxy) is 1. The van der Waals surface area contributed by atoms with Crippen LogP contribution in [-0.4, -0.2) is 17.6 Å². The Labute approximate surface area is 180 Å². The van der Waals surface area contributed by atoms with E-state index in [4.69, 9.17) is 27.1 Å². The highest BCUT2D eigenvalue weighted by Gasteiger charge is 2.28. The molecule has 4 nitrogen and oxygen atoms in total. The van der Waals surface area contributed by atoms with Crippen LogP contribution in [0.3, 0.4) is 0 Å². The van der Waals surface area contributed by atoms with E-state index in [1.54, 1.807) is 18.3 Å². The van der Waals surface area contributed by atoms with Gasteiger partial charge in [0.25, 0.3) is 0 Å². The van der Waals surface area contributed by atoms with Gasteiger partial charge in [-0.15, -0.1) is 22.7 Å². The molecule has 0 atom stereocenters. The number of thiophene rings is 2. The second kappa shape index (κ2) is 7.13. The highest BCUT2D eigenvalue weighted by Crippen LogP contribution is 2.47. The molecular weight excluding hydrogens is 424 g/mol. The van der Waals surface area contributed by atoms with Crippen molar-refractivity contribution in [2.75, 3.05) is 12.3 Å². The third-order valence-electron chi connectivity index (χ3n) is 5.17. The molecule has 146 valence electrons. The van der Waals surface area contributed by atoms with Gasteiger partial charge in [-0.3, -0.25) is 0 Å². The molecule has 2 N–H and O–H groups in total. The van der Waals surface area contributed by atoms with Crippen molar-refractivity contribution in [1.29, 1.82) is 0 Å². The van der Waals surface area contributed by atoms with Crippen molar-refractivity contribution in [3.8, 4) is 22.4 Å². The average Bonchev–Trinajstić information content (AvgIpc) is 3.32. The lowest BCUT2D eigenvalue weighted by Gasteiger charge is -2.20. The van der Waals surface area contributed by atoms with Gasteiger partial charge in [0.1, 0.15) is 9.71 Å². The highest BCUT2D eigenvalue weighted by atomic mass is 35.5. The summed E-state index contributed by atoms with van der Waals surface area (Å²) in [4.78, 5) is 20.0. The van der Waals surface area contributed by atoms with Crippen LogP contribution in [0.1, 0.15) is 27.0 Å². The maximum absolute atomic E-state index is 12.5. The SMILES string of the molecule is CCOC(=O)c1sc2nc3c(c(-c4ccc(Cl)cc4)c2c1N)CCc1sccc1-3. The Bertz CT molecular complexity index is 1260. The lowest BCUT2D eigenvalue weighted by Crippen LogP contribution is -2.07. The molecule has 0 saturated heterocycles. The zero-order chi connectivity index (χ0) is 20.1. The molecule has 0 saturated carbocycles. The second-order valence-corrected chi connectivity index (χ2v) is 9.26. The Balaban J connectivity index is 1.86. The van der Waals surface area contributed by atoms with E-state index >= 15 is 0 Å². The van der Waals surface area contributed by atoms with Crippen LogP contribution in [0.2, 0.25) is 5.02 Å². The molecule has 0 spiro atoms. The summed E-state index contributed by atoms with van der Waals surface area (Å²) in [5.41, 5.74) is 12.3. The number of pyridine rings is 1. The van der Waals surface area contributed by atoms with Crippen molar-refractivity contribution in [2.45, 2.75) is 19.8 Å². The molecule has 0 radical (unpaired) electrons. The van der Waals surface area contributed by atoms with Crippen molar-refractivity contribution >= 4 is 56.1 Å². The first-order chi connectivity index (χ1) is 14.1. The van der Waals surface area contributed by atoms with E-state index in [0.717, 1.165) is 39.9 Å². The van der Waals surface area contributed by atoms with Gasteiger partial charge in [-0.25, -0.2) is 9.78 Å². The molecular formula is C22H17ClN2O2S2. The molecule has 4 aromatic rings. The maximum Gasteiger partial charge on any atom is 0.350 e. The maximum atomic E-state index is 12.5. The minimum absolute atomic E-state index is 0.304. The summed E-state index contributed by atoms with van der Waals surface area (Å²) in [5, 5.41) is 3.62. The molecule has 7 heteroatoms. The zero-order valence-corrected chi connectivity index (χ0v) is 18.0. The summed E-state index contributed by atoms with van der Waals surface area (Å²) >= 11 is 9.20. The topological polar surface area (TPSA) is 65.2 Å². The van der Waals surface area contributed by atoms with E-state index in [1.165, 1.54) is 27.3 Å². The normalized spacial score (nSPS) is 12.6. The first kappa shape index (κ1) is 18.6. The molecule has 1 aliphatic carbocycles. The number of rotatable bonds is 3. The lowest BCUT2D eigenvalue weighted by molar-refractivity contribution is 0.0533. The van der Waals surface area contributed by atoms with Crippen molar-refractivity contribution in [1.82, 2.24) is 4.98 Å². The number of nitrogens with two attached hydrogens (primary N) is 1. The van der Waals surface area contributed by atoms with Gasteiger partial charge in [0.2, 0.25) is 0 Å². The van der Waals surface area contributed by atoms with Gasteiger partial charge in [0.15, 0.2) is 0 Å². The number of halogens is 1. The Hall–Kier alpha value is -2.41. The number of nitrogens with zero attached hydrogens (tertiary/aromatic N) is 1. The number of hydrogen-bond donors (Lipinski definition) is 1. The molecule has 1 aromatic carbocycles. The van der Waals surface area contributed by atoms with Crippen molar-refractivity contribution in [3.63, 3.8) is 0 Å². The number of anilines is 1. The van der Waals surface area contributed by atoms with Gasteiger partial charge < -0.3 is 10.5 Å². The summed E-state index contributed by atoms with van der Waals surface area (Å²) < 4.78 is 5.22. The molecule has 3 heterocycles. The molecule has 0 unspecified atom stereocenters. The second-order valence-electron chi connectivity index (χ2n) is 6.82. The fraction of sp³-hybridized carbons (Fsp3) is 0.182. The number of carbonyl (C=O) groups is 1. The number of hydrogen-bond acceptors (Lipinski definition) is 6. The quantitative estimate of drug-likeness (QED) is 0.385. The number of fused-ring (bicyclic) bond motifs is 4. The van der Waals surface area contributed by atoms with Gasteiger partial charge in [-0.1, -0.05) is 23.7 Å². The molecule has 0 fully saturated rings. The first-order valence-corrected chi connectivity index (χ1v) is 11.4. The molecule has 0 amide bonds. The number of aryl methyl sites for hydroxylation is 1. The Morgan fingerprint density at radius 1 is 1.24 bits per heavy atom. The number of aromatic nitrogens is 1. The summed E-state index contributed by atoms with van der Waals surface area (Å²) in [6.45, 7) is 2.09. The number of nitrogen functional groups attached to an aromatic ring is 1. The molecule has 0 aliphatic heterocycles. The van der Waals surface area contributed by atoms with Gasteiger partial charge >= 0.3 is 5.97 Å². The van der Waals surface area contributed by atoms with Crippen LogP contribution in [0, 0.1) is 0 Å². The van der Waals surface area contributed by atoms with E-state index in [1.807, 2.05) is 24.3 Å². The molecule has 29 heavy (non-hydrogen) atoms. The third-order valence-corrected chi connectivity index (χ3v) is 7.49.